The van der Waals surface area contributed by atoms with Gasteiger partial charge >= 0.3 is 0 Å². The smallest absolute Gasteiger partial charge is 0.253 e. The van der Waals surface area contributed by atoms with E-state index in [1.54, 1.807) is 12.1 Å². The zero-order valence-electron chi connectivity index (χ0n) is 12.2. The highest BCUT2D eigenvalue weighted by Gasteiger charge is 2.18. The van der Waals surface area contributed by atoms with Crippen LogP contribution in [-0.2, 0) is 0 Å². The van der Waals surface area contributed by atoms with Crippen LogP contribution in [0.3, 0.4) is 0 Å². The molecule has 22 heavy (non-hydrogen) atoms. The molecule has 0 aliphatic heterocycles. The van der Waals surface area contributed by atoms with Gasteiger partial charge in [0.25, 0.3) is 5.24 Å². The summed E-state index contributed by atoms with van der Waals surface area (Å²) in [6.45, 7) is 3.88. The topological polar surface area (TPSA) is 30.0 Å². The molecule has 0 amide bonds. The second kappa shape index (κ2) is 5.71. The second-order valence-electron chi connectivity index (χ2n) is 5.24. The first kappa shape index (κ1) is 15.0. The number of fused-ring (bicyclic) bond motifs is 1. The lowest BCUT2D eigenvalue weighted by Gasteiger charge is -2.13. The van der Waals surface area contributed by atoms with Crippen molar-refractivity contribution in [1.82, 2.24) is 4.98 Å². The van der Waals surface area contributed by atoms with Crippen LogP contribution in [-0.4, -0.2) is 10.2 Å². The predicted molar refractivity (Wildman–Crippen MR) is 91.8 cm³/mol. The summed E-state index contributed by atoms with van der Waals surface area (Å²) in [5.41, 5.74) is 4.64. The number of hydrogen-bond donors (Lipinski definition) is 0. The molecule has 0 saturated heterocycles. The summed E-state index contributed by atoms with van der Waals surface area (Å²) in [7, 11) is 0. The van der Waals surface area contributed by atoms with Crippen LogP contribution >= 0.6 is 23.2 Å². The molecule has 0 aliphatic rings. The van der Waals surface area contributed by atoms with Crippen LogP contribution in [0.15, 0.2) is 42.5 Å². The highest BCUT2D eigenvalue weighted by Crippen LogP contribution is 2.33. The van der Waals surface area contributed by atoms with E-state index in [1.807, 2.05) is 44.2 Å². The van der Waals surface area contributed by atoms with Gasteiger partial charge in [0.1, 0.15) is 0 Å². The van der Waals surface area contributed by atoms with Gasteiger partial charge in [0.15, 0.2) is 0 Å². The first-order chi connectivity index (χ1) is 10.5. The maximum Gasteiger partial charge on any atom is 0.253 e. The quantitative estimate of drug-likeness (QED) is 0.577. The summed E-state index contributed by atoms with van der Waals surface area (Å²) in [6, 6.07) is 13.3. The third-order valence-corrected chi connectivity index (χ3v) is 4.23. The summed E-state index contributed by atoms with van der Waals surface area (Å²) >= 11 is 12.1. The molecule has 0 bridgehead atoms. The van der Waals surface area contributed by atoms with E-state index < -0.39 is 5.24 Å². The van der Waals surface area contributed by atoms with Crippen LogP contribution < -0.4 is 0 Å². The summed E-state index contributed by atoms with van der Waals surface area (Å²) in [5.74, 6) is 0. The van der Waals surface area contributed by atoms with Gasteiger partial charge in [0.05, 0.1) is 16.2 Å². The maximum absolute atomic E-state index is 11.9. The minimum absolute atomic E-state index is 0.463. The van der Waals surface area contributed by atoms with Crippen LogP contribution in [0.2, 0.25) is 5.02 Å². The lowest BCUT2D eigenvalue weighted by molar-refractivity contribution is 0.108. The van der Waals surface area contributed by atoms with Crippen molar-refractivity contribution in [3.05, 3.63) is 64.2 Å². The number of rotatable bonds is 2. The lowest BCUT2D eigenvalue weighted by atomic mass is 9.98. The van der Waals surface area contributed by atoms with Crippen molar-refractivity contribution >= 4 is 39.3 Å². The Labute approximate surface area is 138 Å². The van der Waals surface area contributed by atoms with E-state index >= 15 is 0 Å². The summed E-state index contributed by atoms with van der Waals surface area (Å²) in [6.07, 6.45) is 0. The zero-order chi connectivity index (χ0) is 15.9. The normalized spacial score (nSPS) is 10.9. The zero-order valence-corrected chi connectivity index (χ0v) is 13.7. The fourth-order valence-electron chi connectivity index (χ4n) is 2.59. The molecule has 3 aromatic rings. The number of aryl methyl sites for hydroxylation is 1. The first-order valence-corrected chi connectivity index (χ1v) is 7.60. The first-order valence-electron chi connectivity index (χ1n) is 6.84. The number of hydrogen-bond acceptors (Lipinski definition) is 2. The van der Waals surface area contributed by atoms with Gasteiger partial charge in [-0.15, -0.1) is 0 Å². The number of nitrogens with zero attached hydrogens (tertiary/aromatic N) is 1. The molecule has 4 heteroatoms. The third-order valence-electron chi connectivity index (χ3n) is 3.73. The highest BCUT2D eigenvalue weighted by atomic mass is 35.5. The van der Waals surface area contributed by atoms with Crippen LogP contribution in [0.1, 0.15) is 21.5 Å². The van der Waals surface area contributed by atoms with E-state index in [0.29, 0.717) is 21.5 Å². The Balaban J connectivity index is 2.41. The average Bonchev–Trinajstić information content (AvgIpc) is 2.47. The standard InChI is InChI=1S/C18H13Cl2NO/c1-10-6-8-12(9-7-10)16-11(2)15(18(20)22)13-4-3-5-14(19)17(13)21-16/h3-9H,1-2H3. The Morgan fingerprint density at radius 1 is 1.05 bits per heavy atom. The number of carbonyl (C=O) groups is 1. The predicted octanol–water partition coefficient (Wildman–Crippen LogP) is 5.55. The molecule has 0 aliphatic carbocycles. The lowest BCUT2D eigenvalue weighted by Crippen LogP contribution is -2.01. The molecule has 0 saturated carbocycles. The fourth-order valence-corrected chi connectivity index (χ4v) is 3.05. The molecule has 0 fully saturated rings. The molecule has 3 rings (SSSR count). The Bertz CT molecular complexity index is 886. The maximum atomic E-state index is 11.9. The summed E-state index contributed by atoms with van der Waals surface area (Å²) in [4.78, 5) is 16.6. The van der Waals surface area contributed by atoms with Crippen LogP contribution in [0.4, 0.5) is 0 Å². The molecular weight excluding hydrogens is 317 g/mol. The molecule has 110 valence electrons. The van der Waals surface area contributed by atoms with Gasteiger partial charge in [-0.25, -0.2) is 4.98 Å². The van der Waals surface area contributed by atoms with E-state index in [9.17, 15) is 4.79 Å². The number of aromatic nitrogens is 1. The van der Waals surface area contributed by atoms with Gasteiger partial charge in [0, 0.05) is 16.5 Å². The van der Waals surface area contributed by atoms with Crippen LogP contribution in [0.25, 0.3) is 22.2 Å². The van der Waals surface area contributed by atoms with E-state index in [2.05, 4.69) is 4.98 Å². The molecule has 0 atom stereocenters. The van der Waals surface area contributed by atoms with Crippen molar-refractivity contribution in [3.63, 3.8) is 0 Å². The van der Waals surface area contributed by atoms with Crippen molar-refractivity contribution in [2.45, 2.75) is 13.8 Å². The minimum atomic E-state index is -0.500. The Morgan fingerprint density at radius 2 is 1.73 bits per heavy atom. The average molecular weight is 330 g/mol. The minimum Gasteiger partial charge on any atom is -0.276 e. The van der Waals surface area contributed by atoms with Gasteiger partial charge in [-0.3, -0.25) is 4.79 Å². The molecule has 0 N–H and O–H groups in total. The largest absolute Gasteiger partial charge is 0.276 e. The Hall–Kier alpha value is -1.90. The van der Waals surface area contributed by atoms with Gasteiger partial charge in [-0.2, -0.15) is 0 Å². The number of halogens is 2. The molecule has 1 heterocycles. The van der Waals surface area contributed by atoms with E-state index in [-0.39, 0.29) is 0 Å². The highest BCUT2D eigenvalue weighted by molar-refractivity contribution is 6.69. The fraction of sp³-hybridized carbons (Fsp3) is 0.111. The second-order valence-corrected chi connectivity index (χ2v) is 5.99. The molecule has 0 spiro atoms. The van der Waals surface area contributed by atoms with Gasteiger partial charge in [-0.1, -0.05) is 53.6 Å². The SMILES string of the molecule is Cc1ccc(-c2nc3c(Cl)cccc3c(C(=O)Cl)c2C)cc1. The Kier molecular flexibility index (Phi) is 3.90. The van der Waals surface area contributed by atoms with Crippen LogP contribution in [0, 0.1) is 13.8 Å². The van der Waals surface area contributed by atoms with Gasteiger partial charge in [-0.05, 0) is 37.1 Å². The van der Waals surface area contributed by atoms with Crippen molar-refractivity contribution in [2.75, 3.05) is 0 Å². The summed E-state index contributed by atoms with van der Waals surface area (Å²) in [5, 5.41) is 0.686. The van der Waals surface area contributed by atoms with E-state index in [4.69, 9.17) is 23.2 Å². The monoisotopic (exact) mass is 329 g/mol. The molecule has 1 aromatic heterocycles. The molecule has 2 nitrogen and oxygen atoms in total. The van der Waals surface area contributed by atoms with Crippen molar-refractivity contribution in [3.8, 4) is 11.3 Å². The molecule has 0 unspecified atom stereocenters. The number of pyridine rings is 1. The number of para-hydroxylation sites is 1. The number of carbonyl (C=O) groups excluding carboxylic acids is 1. The third kappa shape index (κ3) is 2.49. The van der Waals surface area contributed by atoms with Crippen molar-refractivity contribution in [1.29, 1.82) is 0 Å². The van der Waals surface area contributed by atoms with Crippen molar-refractivity contribution < 1.29 is 4.79 Å². The Morgan fingerprint density at radius 3 is 2.36 bits per heavy atom. The van der Waals surface area contributed by atoms with E-state index in [0.717, 1.165) is 22.4 Å². The van der Waals surface area contributed by atoms with Crippen LogP contribution in [0.5, 0.6) is 0 Å². The molecule has 2 aromatic carbocycles. The summed E-state index contributed by atoms with van der Waals surface area (Å²) < 4.78 is 0. The van der Waals surface area contributed by atoms with E-state index in [1.165, 1.54) is 0 Å². The number of benzene rings is 2. The van der Waals surface area contributed by atoms with Gasteiger partial charge in [0.2, 0.25) is 0 Å². The molecule has 0 radical (unpaired) electrons. The van der Waals surface area contributed by atoms with Gasteiger partial charge < -0.3 is 0 Å². The molecular formula is C18H13Cl2NO. The van der Waals surface area contributed by atoms with Crippen molar-refractivity contribution in [2.24, 2.45) is 0 Å².